The van der Waals surface area contributed by atoms with E-state index in [4.69, 9.17) is 9.84 Å². The molecule has 2 N–H and O–H groups in total. The molecule has 24 heavy (non-hydrogen) atoms. The summed E-state index contributed by atoms with van der Waals surface area (Å²) in [4.78, 5) is 36.8. The van der Waals surface area contributed by atoms with E-state index in [-0.39, 0.29) is 17.5 Å². The summed E-state index contributed by atoms with van der Waals surface area (Å²) in [6.07, 6.45) is 0.124. The molecule has 1 aliphatic heterocycles. The third-order valence-electron chi connectivity index (χ3n) is 3.55. The summed E-state index contributed by atoms with van der Waals surface area (Å²) in [5, 5.41) is 11.8. The van der Waals surface area contributed by atoms with Crippen molar-refractivity contribution < 1.29 is 24.2 Å². The van der Waals surface area contributed by atoms with Gasteiger partial charge in [0.25, 0.3) is 5.91 Å². The Balaban J connectivity index is 1.95. The monoisotopic (exact) mass is 334 g/mol. The van der Waals surface area contributed by atoms with Crippen LogP contribution in [-0.4, -0.2) is 52.7 Å². The smallest absolute Gasteiger partial charge is 0.407 e. The van der Waals surface area contributed by atoms with Gasteiger partial charge in [0.1, 0.15) is 5.60 Å². The number of likely N-dealkylation sites (tertiary alicyclic amines) is 1. The fraction of sp³-hybridized carbons (Fsp3) is 0.471. The molecule has 1 saturated heterocycles. The summed E-state index contributed by atoms with van der Waals surface area (Å²) in [5.41, 5.74) is -0.175. The molecule has 7 nitrogen and oxygen atoms in total. The molecule has 1 aromatic carbocycles. The van der Waals surface area contributed by atoms with Crippen LogP contribution < -0.4 is 5.32 Å². The van der Waals surface area contributed by atoms with Crippen LogP contribution in [0.3, 0.4) is 0 Å². The zero-order valence-electron chi connectivity index (χ0n) is 14.0. The average molecular weight is 334 g/mol. The summed E-state index contributed by atoms with van der Waals surface area (Å²) < 4.78 is 5.20. The maximum Gasteiger partial charge on any atom is 0.407 e. The largest absolute Gasteiger partial charge is 0.478 e. The van der Waals surface area contributed by atoms with Crippen molar-refractivity contribution in [3.8, 4) is 0 Å². The quantitative estimate of drug-likeness (QED) is 0.883. The Morgan fingerprint density at radius 1 is 1.25 bits per heavy atom. The molecule has 2 rings (SSSR count). The van der Waals surface area contributed by atoms with Crippen LogP contribution in [0.5, 0.6) is 0 Å². The number of carbonyl (C=O) groups is 3. The maximum atomic E-state index is 12.5. The van der Waals surface area contributed by atoms with Crippen LogP contribution >= 0.6 is 0 Å². The first-order chi connectivity index (χ1) is 11.2. The highest BCUT2D eigenvalue weighted by Gasteiger charge is 2.29. The van der Waals surface area contributed by atoms with E-state index in [9.17, 15) is 14.4 Å². The molecule has 1 unspecified atom stereocenters. The van der Waals surface area contributed by atoms with Gasteiger partial charge in [0.15, 0.2) is 0 Å². The Morgan fingerprint density at radius 2 is 1.92 bits per heavy atom. The molecule has 130 valence electrons. The number of alkyl carbamates (subject to hydrolysis) is 1. The number of aromatic carboxylic acids is 1. The van der Waals surface area contributed by atoms with Crippen molar-refractivity contribution in [2.45, 2.75) is 38.8 Å². The van der Waals surface area contributed by atoms with Gasteiger partial charge in [-0.25, -0.2) is 9.59 Å². The standard InChI is InChI=1S/C17H22N2O5/c1-17(2,3)24-16(23)18-13-7-8-19(10-13)14(20)11-5-4-6-12(9-11)15(21)22/h4-6,9,13H,7-8,10H2,1-3H3,(H,18,23)(H,21,22). The molecule has 2 amide bonds. The van der Waals surface area contributed by atoms with Gasteiger partial charge in [-0.2, -0.15) is 0 Å². The topological polar surface area (TPSA) is 95.9 Å². The molecule has 1 aliphatic rings. The van der Waals surface area contributed by atoms with Crippen LogP contribution in [0.4, 0.5) is 4.79 Å². The van der Waals surface area contributed by atoms with Crippen molar-refractivity contribution in [3.63, 3.8) is 0 Å². The first kappa shape index (κ1) is 17.8. The first-order valence-electron chi connectivity index (χ1n) is 7.78. The fourth-order valence-electron chi connectivity index (χ4n) is 2.50. The fourth-order valence-corrected chi connectivity index (χ4v) is 2.50. The Morgan fingerprint density at radius 3 is 2.54 bits per heavy atom. The number of amides is 2. The normalized spacial score (nSPS) is 17.5. The molecule has 1 atom stereocenters. The number of carbonyl (C=O) groups excluding carboxylic acids is 2. The van der Waals surface area contributed by atoms with Crippen molar-refractivity contribution in [3.05, 3.63) is 35.4 Å². The second-order valence-electron chi connectivity index (χ2n) is 6.77. The minimum absolute atomic E-state index is 0.0727. The van der Waals surface area contributed by atoms with Crippen LogP contribution in [0, 0.1) is 0 Å². The van der Waals surface area contributed by atoms with Crippen LogP contribution in [0.1, 0.15) is 47.9 Å². The van der Waals surface area contributed by atoms with E-state index in [0.29, 0.717) is 25.1 Å². The lowest BCUT2D eigenvalue weighted by atomic mass is 10.1. The van der Waals surface area contributed by atoms with Crippen LogP contribution in [0.25, 0.3) is 0 Å². The summed E-state index contributed by atoms with van der Waals surface area (Å²) in [6, 6.07) is 5.76. The van der Waals surface area contributed by atoms with E-state index in [1.165, 1.54) is 12.1 Å². The SMILES string of the molecule is CC(C)(C)OC(=O)NC1CCN(C(=O)c2cccc(C(=O)O)c2)C1. The van der Waals surface area contributed by atoms with Crippen molar-refractivity contribution in [2.75, 3.05) is 13.1 Å². The second kappa shape index (κ2) is 6.90. The summed E-state index contributed by atoms with van der Waals surface area (Å²) in [6.45, 7) is 6.22. The van der Waals surface area contributed by atoms with E-state index >= 15 is 0 Å². The first-order valence-corrected chi connectivity index (χ1v) is 7.78. The lowest BCUT2D eigenvalue weighted by molar-refractivity contribution is 0.0501. The van der Waals surface area contributed by atoms with Gasteiger partial charge >= 0.3 is 12.1 Å². The van der Waals surface area contributed by atoms with Gasteiger partial charge in [0, 0.05) is 18.7 Å². The van der Waals surface area contributed by atoms with Gasteiger partial charge in [-0.15, -0.1) is 0 Å². The summed E-state index contributed by atoms with van der Waals surface area (Å²) in [7, 11) is 0. The number of carboxylic acid groups (broad SMARTS) is 1. The van der Waals surface area contributed by atoms with Gasteiger partial charge in [-0.3, -0.25) is 4.79 Å². The molecule has 1 aromatic rings. The summed E-state index contributed by atoms with van der Waals surface area (Å²) in [5.74, 6) is -1.32. The summed E-state index contributed by atoms with van der Waals surface area (Å²) >= 11 is 0. The Labute approximate surface area is 140 Å². The second-order valence-corrected chi connectivity index (χ2v) is 6.77. The van der Waals surface area contributed by atoms with Gasteiger partial charge in [-0.1, -0.05) is 6.07 Å². The van der Waals surface area contributed by atoms with Gasteiger partial charge in [-0.05, 0) is 45.4 Å². The number of rotatable bonds is 3. The highest BCUT2D eigenvalue weighted by Crippen LogP contribution is 2.16. The molecule has 1 fully saturated rings. The number of benzene rings is 1. The minimum atomic E-state index is -1.07. The van der Waals surface area contributed by atoms with E-state index in [2.05, 4.69) is 5.32 Å². The van der Waals surface area contributed by atoms with Crippen molar-refractivity contribution in [2.24, 2.45) is 0 Å². The van der Waals surface area contributed by atoms with Gasteiger partial charge in [0.05, 0.1) is 11.6 Å². The Bertz CT molecular complexity index is 651. The number of hydrogen-bond acceptors (Lipinski definition) is 4. The van der Waals surface area contributed by atoms with E-state index in [0.717, 1.165) is 0 Å². The maximum absolute atomic E-state index is 12.5. The Kier molecular flexibility index (Phi) is 5.11. The molecule has 0 aliphatic carbocycles. The number of nitrogens with zero attached hydrogens (tertiary/aromatic N) is 1. The lowest BCUT2D eigenvalue weighted by Crippen LogP contribution is -2.41. The van der Waals surface area contributed by atoms with Crippen molar-refractivity contribution in [1.29, 1.82) is 0 Å². The molecule has 0 bridgehead atoms. The average Bonchev–Trinajstić information content (AvgIpc) is 2.92. The highest BCUT2D eigenvalue weighted by molar-refractivity contribution is 5.97. The molecule has 0 radical (unpaired) electrons. The number of hydrogen-bond donors (Lipinski definition) is 2. The molecule has 0 saturated carbocycles. The van der Waals surface area contributed by atoms with E-state index in [1.807, 2.05) is 0 Å². The molecule has 0 spiro atoms. The number of nitrogens with one attached hydrogen (secondary N) is 1. The molecular formula is C17H22N2O5. The zero-order chi connectivity index (χ0) is 17.9. The van der Waals surface area contributed by atoms with Crippen LogP contribution in [0.2, 0.25) is 0 Å². The van der Waals surface area contributed by atoms with Crippen LogP contribution in [0.15, 0.2) is 24.3 Å². The lowest BCUT2D eigenvalue weighted by Gasteiger charge is -2.22. The number of ether oxygens (including phenoxy) is 1. The molecular weight excluding hydrogens is 312 g/mol. The van der Waals surface area contributed by atoms with Gasteiger partial charge < -0.3 is 20.1 Å². The van der Waals surface area contributed by atoms with Crippen molar-refractivity contribution in [1.82, 2.24) is 10.2 Å². The minimum Gasteiger partial charge on any atom is -0.478 e. The molecule has 7 heteroatoms. The predicted octanol–water partition coefficient (Wildman–Crippen LogP) is 2.12. The highest BCUT2D eigenvalue weighted by atomic mass is 16.6. The zero-order valence-corrected chi connectivity index (χ0v) is 14.0. The van der Waals surface area contributed by atoms with Gasteiger partial charge in [0.2, 0.25) is 0 Å². The third-order valence-corrected chi connectivity index (χ3v) is 3.55. The molecule has 1 heterocycles. The molecule has 0 aromatic heterocycles. The van der Waals surface area contributed by atoms with E-state index in [1.54, 1.807) is 37.8 Å². The Hall–Kier alpha value is -2.57. The third kappa shape index (κ3) is 4.71. The predicted molar refractivity (Wildman–Crippen MR) is 87.1 cm³/mol. The van der Waals surface area contributed by atoms with E-state index < -0.39 is 17.7 Å². The number of carboxylic acids is 1. The van der Waals surface area contributed by atoms with Crippen molar-refractivity contribution >= 4 is 18.0 Å². The van der Waals surface area contributed by atoms with Crippen LogP contribution in [-0.2, 0) is 4.74 Å².